The van der Waals surface area contributed by atoms with Crippen LogP contribution in [0.2, 0.25) is 0 Å². The van der Waals surface area contributed by atoms with Crippen LogP contribution in [0.25, 0.3) is 22.2 Å². The van der Waals surface area contributed by atoms with E-state index in [0.717, 1.165) is 16.2 Å². The van der Waals surface area contributed by atoms with Crippen molar-refractivity contribution in [3.05, 3.63) is 76.5 Å². The van der Waals surface area contributed by atoms with E-state index in [1.807, 2.05) is 60.0 Å². The topological polar surface area (TPSA) is 55.1 Å². The number of nitrogens with zero attached hydrogens (tertiary/aromatic N) is 1. The third kappa shape index (κ3) is 2.74. The number of rotatable bonds is 3. The number of hydrogen-bond donors (Lipinski definition) is 1. The first-order valence-electron chi connectivity index (χ1n) is 7.10. The lowest BCUT2D eigenvalue weighted by Gasteiger charge is -2.01. The van der Waals surface area contributed by atoms with Crippen LogP contribution in [0, 0.1) is 0 Å². The summed E-state index contributed by atoms with van der Waals surface area (Å²) in [6, 6.07) is 19.1. The number of nitrogens with one attached hydrogen (secondary N) is 1. The molecule has 0 aliphatic heterocycles. The van der Waals surface area contributed by atoms with Crippen molar-refractivity contribution < 1.29 is 4.42 Å². The third-order valence-electron chi connectivity index (χ3n) is 3.45. The van der Waals surface area contributed by atoms with Gasteiger partial charge < -0.3 is 9.73 Å². The summed E-state index contributed by atoms with van der Waals surface area (Å²) in [5.74, 6) is 0. The molecule has 0 saturated heterocycles. The fourth-order valence-electron chi connectivity index (χ4n) is 2.34. The fourth-order valence-corrected chi connectivity index (χ4v) is 3.07. The maximum Gasteiger partial charge on any atom is 0.345 e. The summed E-state index contributed by atoms with van der Waals surface area (Å²) in [6.07, 6.45) is 0. The highest BCUT2D eigenvalue weighted by Gasteiger charge is 2.11. The summed E-state index contributed by atoms with van der Waals surface area (Å²) in [7, 11) is 0. The van der Waals surface area contributed by atoms with E-state index < -0.39 is 0 Å². The van der Waals surface area contributed by atoms with Crippen LogP contribution >= 0.6 is 11.3 Å². The van der Waals surface area contributed by atoms with E-state index in [1.54, 1.807) is 6.07 Å². The standard InChI is InChI=1S/C18H12N2O2S/c21-17-14(10-12-6-4-5-9-16(12)22-17)15-11-23-18(20-15)19-13-7-2-1-3-8-13/h1-11H,(H,19,20). The maximum absolute atomic E-state index is 12.2. The smallest absolute Gasteiger partial charge is 0.345 e. The minimum atomic E-state index is -0.375. The molecule has 5 heteroatoms. The second kappa shape index (κ2) is 5.70. The Hall–Kier alpha value is -2.92. The molecule has 0 aliphatic rings. The second-order valence-corrected chi connectivity index (χ2v) is 5.87. The number of thiazole rings is 1. The highest BCUT2D eigenvalue weighted by molar-refractivity contribution is 7.14. The predicted molar refractivity (Wildman–Crippen MR) is 93.3 cm³/mol. The molecule has 0 spiro atoms. The van der Waals surface area contributed by atoms with Gasteiger partial charge in [0.15, 0.2) is 5.13 Å². The summed E-state index contributed by atoms with van der Waals surface area (Å²) in [6.45, 7) is 0. The van der Waals surface area contributed by atoms with Gasteiger partial charge in [-0.25, -0.2) is 9.78 Å². The molecule has 0 atom stereocenters. The van der Waals surface area contributed by atoms with Gasteiger partial charge >= 0.3 is 5.63 Å². The second-order valence-electron chi connectivity index (χ2n) is 5.01. The summed E-state index contributed by atoms with van der Waals surface area (Å²) >= 11 is 1.45. The molecule has 112 valence electrons. The van der Waals surface area contributed by atoms with Crippen LogP contribution < -0.4 is 10.9 Å². The molecule has 2 heterocycles. The quantitative estimate of drug-likeness (QED) is 0.558. The molecule has 4 aromatic rings. The molecule has 2 aromatic carbocycles. The van der Waals surface area contributed by atoms with E-state index in [9.17, 15) is 4.79 Å². The van der Waals surface area contributed by atoms with Gasteiger partial charge in [0.1, 0.15) is 5.58 Å². The summed E-state index contributed by atoms with van der Waals surface area (Å²) in [5, 5.41) is 6.70. The highest BCUT2D eigenvalue weighted by atomic mass is 32.1. The average molecular weight is 320 g/mol. The molecule has 0 unspecified atom stereocenters. The highest BCUT2D eigenvalue weighted by Crippen LogP contribution is 2.27. The Morgan fingerprint density at radius 3 is 2.65 bits per heavy atom. The number of para-hydroxylation sites is 2. The van der Waals surface area contributed by atoms with Gasteiger partial charge in [0.05, 0.1) is 11.3 Å². The van der Waals surface area contributed by atoms with Gasteiger partial charge in [-0.1, -0.05) is 36.4 Å². The number of aromatic nitrogens is 1. The van der Waals surface area contributed by atoms with Crippen molar-refractivity contribution in [2.24, 2.45) is 0 Å². The fraction of sp³-hybridized carbons (Fsp3) is 0. The van der Waals surface area contributed by atoms with Gasteiger partial charge in [-0.15, -0.1) is 11.3 Å². The maximum atomic E-state index is 12.2. The van der Waals surface area contributed by atoms with Gasteiger partial charge in [0.2, 0.25) is 0 Å². The molecule has 0 aliphatic carbocycles. The zero-order valence-corrected chi connectivity index (χ0v) is 12.8. The lowest BCUT2D eigenvalue weighted by Crippen LogP contribution is -2.02. The Balaban J connectivity index is 1.71. The summed E-state index contributed by atoms with van der Waals surface area (Å²) < 4.78 is 5.36. The van der Waals surface area contributed by atoms with E-state index in [0.29, 0.717) is 16.8 Å². The third-order valence-corrected chi connectivity index (χ3v) is 4.20. The molecule has 2 aromatic heterocycles. The molecule has 1 N–H and O–H groups in total. The lowest BCUT2D eigenvalue weighted by molar-refractivity contribution is 0.563. The van der Waals surface area contributed by atoms with Crippen LogP contribution in [-0.2, 0) is 0 Å². The molecule has 4 rings (SSSR count). The number of benzene rings is 2. The van der Waals surface area contributed by atoms with Crippen molar-refractivity contribution in [2.75, 3.05) is 5.32 Å². The van der Waals surface area contributed by atoms with Crippen LogP contribution in [-0.4, -0.2) is 4.98 Å². The van der Waals surface area contributed by atoms with Crippen molar-refractivity contribution in [1.29, 1.82) is 0 Å². The van der Waals surface area contributed by atoms with Crippen LogP contribution in [0.1, 0.15) is 0 Å². The van der Waals surface area contributed by atoms with Gasteiger partial charge in [0.25, 0.3) is 0 Å². The minimum Gasteiger partial charge on any atom is -0.422 e. The van der Waals surface area contributed by atoms with E-state index >= 15 is 0 Å². The first-order chi connectivity index (χ1) is 11.3. The van der Waals surface area contributed by atoms with Crippen molar-refractivity contribution in [3.63, 3.8) is 0 Å². The molecule has 0 saturated carbocycles. The number of anilines is 2. The average Bonchev–Trinajstić information content (AvgIpc) is 3.03. The lowest BCUT2D eigenvalue weighted by atomic mass is 10.1. The Bertz CT molecular complexity index is 1020. The van der Waals surface area contributed by atoms with E-state index in [2.05, 4.69) is 10.3 Å². The van der Waals surface area contributed by atoms with Crippen molar-refractivity contribution in [1.82, 2.24) is 4.98 Å². The van der Waals surface area contributed by atoms with Gasteiger partial charge in [-0.2, -0.15) is 0 Å². The van der Waals surface area contributed by atoms with Gasteiger partial charge in [-0.05, 0) is 24.3 Å². The minimum absolute atomic E-state index is 0.375. The SMILES string of the molecule is O=c1oc2ccccc2cc1-c1csc(Nc2ccccc2)n1. The molecule has 23 heavy (non-hydrogen) atoms. The van der Waals surface area contributed by atoms with E-state index in [-0.39, 0.29) is 5.63 Å². The zero-order chi connectivity index (χ0) is 15.6. The van der Waals surface area contributed by atoms with E-state index in [1.165, 1.54) is 11.3 Å². The Kier molecular flexibility index (Phi) is 3.40. The van der Waals surface area contributed by atoms with Crippen molar-refractivity contribution in [2.45, 2.75) is 0 Å². The molecule has 0 radical (unpaired) electrons. The molecular weight excluding hydrogens is 308 g/mol. The number of fused-ring (bicyclic) bond motifs is 1. The van der Waals surface area contributed by atoms with Crippen LogP contribution in [0.4, 0.5) is 10.8 Å². The zero-order valence-electron chi connectivity index (χ0n) is 12.0. The molecular formula is C18H12N2O2S. The largest absolute Gasteiger partial charge is 0.422 e. The first kappa shape index (κ1) is 13.7. The molecule has 0 amide bonds. The Morgan fingerprint density at radius 2 is 1.78 bits per heavy atom. The predicted octanol–water partition coefficient (Wildman–Crippen LogP) is 4.66. The summed E-state index contributed by atoms with van der Waals surface area (Å²) in [4.78, 5) is 16.7. The van der Waals surface area contributed by atoms with Gasteiger partial charge in [-0.3, -0.25) is 0 Å². The number of hydrogen-bond acceptors (Lipinski definition) is 5. The van der Waals surface area contributed by atoms with Crippen LogP contribution in [0.15, 0.2) is 75.3 Å². The van der Waals surface area contributed by atoms with E-state index in [4.69, 9.17) is 4.42 Å². The van der Waals surface area contributed by atoms with Crippen molar-refractivity contribution >= 4 is 33.1 Å². The van der Waals surface area contributed by atoms with Crippen molar-refractivity contribution in [3.8, 4) is 11.3 Å². The van der Waals surface area contributed by atoms with Crippen LogP contribution in [0.5, 0.6) is 0 Å². The monoisotopic (exact) mass is 320 g/mol. The first-order valence-corrected chi connectivity index (χ1v) is 7.98. The molecule has 0 bridgehead atoms. The molecule has 0 fully saturated rings. The summed E-state index contributed by atoms with van der Waals surface area (Å²) in [5.41, 5.74) is 2.26. The van der Waals surface area contributed by atoms with Gasteiger partial charge in [0, 0.05) is 16.5 Å². The Morgan fingerprint density at radius 1 is 1.00 bits per heavy atom. The normalized spacial score (nSPS) is 10.8. The van der Waals surface area contributed by atoms with Crippen LogP contribution in [0.3, 0.4) is 0 Å². The molecule has 4 nitrogen and oxygen atoms in total. The Labute approximate surface area is 136 Å².